The van der Waals surface area contributed by atoms with Crippen molar-refractivity contribution < 1.29 is 24.2 Å². The topological polar surface area (TPSA) is 95.9 Å². The van der Waals surface area contributed by atoms with Crippen LogP contribution >= 0.6 is 0 Å². The summed E-state index contributed by atoms with van der Waals surface area (Å²) in [6, 6.07) is 4.84. The van der Waals surface area contributed by atoms with Gasteiger partial charge in [0.1, 0.15) is 5.75 Å². The van der Waals surface area contributed by atoms with E-state index in [-0.39, 0.29) is 5.91 Å². The number of rotatable bonds is 3. The van der Waals surface area contributed by atoms with Gasteiger partial charge in [-0.15, -0.1) is 0 Å². The standard InChI is InChI=1S/C14H14N2O5/c1-8-14(20)16(2)10-4-3-9(7-11(10)21-8)15-12(17)5-6-13(18)19/h3-8H,1-2H3,(H,15,17)(H,18,19)/b6-5+. The van der Waals surface area contributed by atoms with Gasteiger partial charge in [0.2, 0.25) is 5.91 Å². The number of hydrogen-bond acceptors (Lipinski definition) is 4. The monoisotopic (exact) mass is 290 g/mol. The summed E-state index contributed by atoms with van der Waals surface area (Å²) in [4.78, 5) is 35.1. The molecule has 0 bridgehead atoms. The Kier molecular flexibility index (Phi) is 3.93. The van der Waals surface area contributed by atoms with Gasteiger partial charge in [-0.3, -0.25) is 9.59 Å². The largest absolute Gasteiger partial charge is 0.479 e. The fourth-order valence-electron chi connectivity index (χ4n) is 1.93. The first kappa shape index (κ1) is 14.6. The predicted octanol–water partition coefficient (Wildman–Crippen LogP) is 1.01. The summed E-state index contributed by atoms with van der Waals surface area (Å²) in [7, 11) is 1.65. The Morgan fingerprint density at radius 2 is 2.10 bits per heavy atom. The second-order valence-electron chi connectivity index (χ2n) is 4.50. The van der Waals surface area contributed by atoms with Crippen molar-refractivity contribution in [2.75, 3.05) is 17.3 Å². The van der Waals surface area contributed by atoms with Crippen LogP contribution < -0.4 is 15.0 Å². The molecule has 1 aliphatic rings. The average molecular weight is 290 g/mol. The Bertz CT molecular complexity index is 638. The first-order valence-electron chi connectivity index (χ1n) is 6.18. The molecule has 0 spiro atoms. The van der Waals surface area contributed by atoms with Gasteiger partial charge in [-0.2, -0.15) is 0 Å². The predicted molar refractivity (Wildman–Crippen MR) is 75.3 cm³/mol. The molecule has 110 valence electrons. The maximum Gasteiger partial charge on any atom is 0.328 e. The molecule has 1 aromatic rings. The van der Waals surface area contributed by atoms with Crippen LogP contribution in [0.25, 0.3) is 0 Å². The van der Waals surface area contributed by atoms with Crippen LogP contribution in [0.2, 0.25) is 0 Å². The number of carboxylic acids is 1. The van der Waals surface area contributed by atoms with E-state index in [1.807, 2.05) is 0 Å². The fraction of sp³-hybridized carbons (Fsp3) is 0.214. The molecule has 1 unspecified atom stereocenters. The van der Waals surface area contributed by atoms with Gasteiger partial charge < -0.3 is 20.1 Å². The van der Waals surface area contributed by atoms with Crippen molar-refractivity contribution >= 4 is 29.2 Å². The maximum absolute atomic E-state index is 11.8. The number of likely N-dealkylation sites (N-methyl/N-ethyl adjacent to an activating group) is 1. The molecular weight excluding hydrogens is 276 g/mol. The van der Waals surface area contributed by atoms with Crippen molar-refractivity contribution in [2.24, 2.45) is 0 Å². The molecule has 0 aliphatic carbocycles. The first-order chi connectivity index (χ1) is 9.88. The molecule has 2 N–H and O–H groups in total. The van der Waals surface area contributed by atoms with Gasteiger partial charge >= 0.3 is 5.97 Å². The number of carbonyl (C=O) groups is 3. The van der Waals surface area contributed by atoms with Gasteiger partial charge in [0.15, 0.2) is 6.10 Å². The van der Waals surface area contributed by atoms with Crippen molar-refractivity contribution in [2.45, 2.75) is 13.0 Å². The number of anilines is 2. The zero-order valence-electron chi connectivity index (χ0n) is 11.5. The van der Waals surface area contributed by atoms with Gasteiger partial charge in [-0.05, 0) is 19.1 Å². The fourth-order valence-corrected chi connectivity index (χ4v) is 1.93. The maximum atomic E-state index is 11.8. The number of carboxylic acid groups (broad SMARTS) is 1. The summed E-state index contributed by atoms with van der Waals surface area (Å²) in [6.45, 7) is 1.64. The van der Waals surface area contributed by atoms with E-state index in [4.69, 9.17) is 9.84 Å². The minimum absolute atomic E-state index is 0.149. The lowest BCUT2D eigenvalue weighted by Crippen LogP contribution is -2.41. The van der Waals surface area contributed by atoms with Crippen LogP contribution in [0.4, 0.5) is 11.4 Å². The van der Waals surface area contributed by atoms with Crippen LogP contribution in [0.3, 0.4) is 0 Å². The molecule has 2 rings (SSSR count). The van der Waals surface area contributed by atoms with Gasteiger partial charge in [-0.1, -0.05) is 0 Å². The minimum Gasteiger partial charge on any atom is -0.479 e. The van der Waals surface area contributed by atoms with E-state index in [0.717, 1.165) is 12.2 Å². The summed E-state index contributed by atoms with van der Waals surface area (Å²) >= 11 is 0. The normalized spacial score (nSPS) is 17.3. The van der Waals surface area contributed by atoms with E-state index >= 15 is 0 Å². The molecule has 0 fully saturated rings. The van der Waals surface area contributed by atoms with E-state index in [0.29, 0.717) is 17.1 Å². The summed E-state index contributed by atoms with van der Waals surface area (Å²) in [5, 5.41) is 11.0. The Balaban J connectivity index is 2.18. The lowest BCUT2D eigenvalue weighted by atomic mass is 10.2. The Labute approximate surface area is 120 Å². The number of carbonyl (C=O) groups excluding carboxylic acids is 2. The van der Waals surface area contributed by atoms with Crippen LogP contribution in [0.15, 0.2) is 30.4 Å². The Morgan fingerprint density at radius 1 is 1.38 bits per heavy atom. The highest BCUT2D eigenvalue weighted by molar-refractivity contribution is 6.03. The number of amides is 2. The molecule has 1 aliphatic heterocycles. The van der Waals surface area contributed by atoms with Crippen LogP contribution in [0, 0.1) is 0 Å². The SMILES string of the molecule is CC1Oc2cc(NC(=O)/C=C/C(=O)O)ccc2N(C)C1=O. The Hall–Kier alpha value is -2.83. The highest BCUT2D eigenvalue weighted by Crippen LogP contribution is 2.35. The quantitative estimate of drug-likeness (QED) is 0.810. The van der Waals surface area contributed by atoms with Crippen molar-refractivity contribution in [1.82, 2.24) is 0 Å². The summed E-state index contributed by atoms with van der Waals surface area (Å²) in [5.74, 6) is -1.44. The number of nitrogens with one attached hydrogen (secondary N) is 1. The molecule has 1 aromatic carbocycles. The van der Waals surface area contributed by atoms with Crippen LogP contribution in [-0.2, 0) is 14.4 Å². The van der Waals surface area contributed by atoms with Crippen molar-refractivity contribution in [3.05, 3.63) is 30.4 Å². The van der Waals surface area contributed by atoms with E-state index in [1.54, 1.807) is 32.2 Å². The second-order valence-corrected chi connectivity index (χ2v) is 4.50. The summed E-state index contributed by atoms with van der Waals surface area (Å²) in [6.07, 6.45) is 1.07. The molecule has 7 nitrogen and oxygen atoms in total. The number of ether oxygens (including phenoxy) is 1. The molecule has 21 heavy (non-hydrogen) atoms. The molecule has 1 heterocycles. The number of nitrogens with zero attached hydrogens (tertiary/aromatic N) is 1. The van der Waals surface area contributed by atoms with Crippen molar-refractivity contribution in [3.63, 3.8) is 0 Å². The lowest BCUT2D eigenvalue weighted by molar-refractivity contribution is -0.131. The number of aliphatic carboxylic acids is 1. The second kappa shape index (κ2) is 5.66. The van der Waals surface area contributed by atoms with E-state index in [1.165, 1.54) is 4.90 Å². The molecule has 0 radical (unpaired) electrons. The molecule has 7 heteroatoms. The van der Waals surface area contributed by atoms with Crippen LogP contribution in [-0.4, -0.2) is 36.0 Å². The summed E-state index contributed by atoms with van der Waals surface area (Å²) in [5.41, 5.74) is 1.06. The first-order valence-corrected chi connectivity index (χ1v) is 6.18. The van der Waals surface area contributed by atoms with Gasteiger partial charge in [0.25, 0.3) is 5.91 Å². The smallest absolute Gasteiger partial charge is 0.328 e. The Morgan fingerprint density at radius 3 is 2.76 bits per heavy atom. The van der Waals surface area contributed by atoms with Crippen molar-refractivity contribution in [1.29, 1.82) is 0 Å². The lowest BCUT2D eigenvalue weighted by Gasteiger charge is -2.30. The van der Waals surface area contributed by atoms with Crippen LogP contribution in [0.1, 0.15) is 6.92 Å². The molecule has 0 aromatic heterocycles. The van der Waals surface area contributed by atoms with E-state index in [9.17, 15) is 14.4 Å². The molecule has 2 amide bonds. The molecule has 0 saturated carbocycles. The van der Waals surface area contributed by atoms with Gasteiger partial charge in [0, 0.05) is 31.0 Å². The molecular formula is C14H14N2O5. The average Bonchev–Trinajstić information content (AvgIpc) is 2.42. The van der Waals surface area contributed by atoms with Crippen LogP contribution in [0.5, 0.6) is 5.75 Å². The zero-order valence-corrected chi connectivity index (χ0v) is 11.5. The van der Waals surface area contributed by atoms with Crippen molar-refractivity contribution in [3.8, 4) is 5.75 Å². The van der Waals surface area contributed by atoms with E-state index in [2.05, 4.69) is 5.32 Å². The molecule has 0 saturated heterocycles. The van der Waals surface area contributed by atoms with Gasteiger partial charge in [0.05, 0.1) is 5.69 Å². The van der Waals surface area contributed by atoms with Gasteiger partial charge in [-0.25, -0.2) is 4.79 Å². The number of fused-ring (bicyclic) bond motifs is 1. The highest BCUT2D eigenvalue weighted by atomic mass is 16.5. The molecule has 1 atom stereocenters. The third kappa shape index (κ3) is 3.19. The summed E-state index contributed by atoms with van der Waals surface area (Å²) < 4.78 is 5.48. The minimum atomic E-state index is -1.20. The zero-order chi connectivity index (χ0) is 15.6. The highest BCUT2D eigenvalue weighted by Gasteiger charge is 2.28. The van der Waals surface area contributed by atoms with E-state index < -0.39 is 18.0 Å². The third-order valence-electron chi connectivity index (χ3n) is 2.95. The number of benzene rings is 1. The third-order valence-corrected chi connectivity index (χ3v) is 2.95. The number of hydrogen-bond donors (Lipinski definition) is 2.